The molecule has 2 heterocycles. The zero-order valence-electron chi connectivity index (χ0n) is 30.5. The van der Waals surface area contributed by atoms with Gasteiger partial charge in [-0.25, -0.2) is 9.13 Å². The number of pyridine rings is 2. The Morgan fingerprint density at radius 2 is 0.500 bits per heavy atom. The largest absolute Gasteiger partial charge is 1.00 e. The van der Waals surface area contributed by atoms with Gasteiger partial charge in [0, 0.05) is 37.1 Å². The molecule has 0 spiro atoms. The number of aromatic nitrogens is 2. The number of aryl methyl sites for hydroxylation is 2. The third kappa shape index (κ3) is 25.0. The molecule has 0 unspecified atom stereocenters. The van der Waals surface area contributed by atoms with E-state index in [4.69, 9.17) is 0 Å². The Labute approximate surface area is 299 Å². The minimum atomic E-state index is 0. The van der Waals surface area contributed by atoms with Crippen LogP contribution >= 0.6 is 0 Å². The molecule has 0 saturated heterocycles. The van der Waals surface area contributed by atoms with E-state index in [1.807, 2.05) is 0 Å². The first-order valence-corrected chi connectivity index (χ1v) is 19.8. The van der Waals surface area contributed by atoms with Crippen LogP contribution in [-0.2, 0) is 13.1 Å². The van der Waals surface area contributed by atoms with Gasteiger partial charge in [0.05, 0.1) is 0 Å². The molecule has 0 aliphatic rings. The fourth-order valence-corrected chi connectivity index (χ4v) is 6.58. The predicted octanol–water partition coefficient (Wildman–Crippen LogP) is 6.90. The standard InChI is InChI=1S/C42H74N2.2ClH/c1-3-5-7-9-11-13-15-17-19-21-23-25-27-29-35-43-37-31-41(32-38-43)42-33-39-44(40-34-42)36-30-28-26-24-22-20-18-16-14-12-10-8-6-4-2;;/h31-34,37-40H,3-30,35-36H2,1-2H3;2*1H/q+2;;/p-2. The maximum absolute atomic E-state index is 2.36. The molecular formula is C42H74Cl2N2. The van der Waals surface area contributed by atoms with Crippen molar-refractivity contribution < 1.29 is 33.9 Å². The van der Waals surface area contributed by atoms with Gasteiger partial charge in [-0.3, -0.25) is 0 Å². The smallest absolute Gasteiger partial charge is 0.169 e. The first-order chi connectivity index (χ1) is 21.8. The molecule has 266 valence electrons. The molecule has 0 fully saturated rings. The molecule has 0 saturated carbocycles. The number of nitrogens with zero attached hydrogens (tertiary/aromatic N) is 2. The van der Waals surface area contributed by atoms with Crippen LogP contribution in [0.2, 0.25) is 0 Å². The third-order valence-electron chi connectivity index (χ3n) is 9.66. The molecule has 0 bridgehead atoms. The lowest BCUT2D eigenvalue weighted by molar-refractivity contribution is -0.697. The molecule has 2 nitrogen and oxygen atoms in total. The monoisotopic (exact) mass is 677 g/mol. The highest BCUT2D eigenvalue weighted by Gasteiger charge is 2.06. The van der Waals surface area contributed by atoms with Crippen LogP contribution in [0.5, 0.6) is 0 Å². The second-order valence-electron chi connectivity index (χ2n) is 13.8. The van der Waals surface area contributed by atoms with E-state index >= 15 is 0 Å². The molecule has 0 radical (unpaired) electrons. The van der Waals surface area contributed by atoms with Crippen molar-refractivity contribution in [3.63, 3.8) is 0 Å². The van der Waals surface area contributed by atoms with Crippen LogP contribution in [0.3, 0.4) is 0 Å². The fourth-order valence-electron chi connectivity index (χ4n) is 6.58. The van der Waals surface area contributed by atoms with Crippen LogP contribution < -0.4 is 33.9 Å². The first kappa shape index (κ1) is 44.9. The Hall–Kier alpha value is -1.12. The summed E-state index contributed by atoms with van der Waals surface area (Å²) >= 11 is 0. The topological polar surface area (TPSA) is 7.76 Å². The number of hydrogen-bond acceptors (Lipinski definition) is 0. The highest BCUT2D eigenvalue weighted by Crippen LogP contribution is 2.17. The second-order valence-corrected chi connectivity index (χ2v) is 13.8. The average molecular weight is 678 g/mol. The van der Waals surface area contributed by atoms with Gasteiger partial charge in [0.15, 0.2) is 24.8 Å². The fraction of sp³-hybridized carbons (Fsp3) is 0.762. The van der Waals surface area contributed by atoms with Crippen molar-refractivity contribution in [1.29, 1.82) is 0 Å². The lowest BCUT2D eigenvalue weighted by Crippen LogP contribution is -3.00. The number of halogens is 2. The second kappa shape index (κ2) is 33.8. The van der Waals surface area contributed by atoms with E-state index in [2.05, 4.69) is 72.0 Å². The highest BCUT2D eigenvalue weighted by molar-refractivity contribution is 5.60. The summed E-state index contributed by atoms with van der Waals surface area (Å²) in [4.78, 5) is 0. The summed E-state index contributed by atoms with van der Waals surface area (Å²) in [7, 11) is 0. The Balaban J connectivity index is 0.0000101. The summed E-state index contributed by atoms with van der Waals surface area (Å²) in [5.74, 6) is 0. The van der Waals surface area contributed by atoms with Gasteiger partial charge < -0.3 is 24.8 Å². The summed E-state index contributed by atoms with van der Waals surface area (Å²) < 4.78 is 4.73. The molecule has 4 heteroatoms. The van der Waals surface area contributed by atoms with E-state index in [9.17, 15) is 0 Å². The number of hydrogen-bond donors (Lipinski definition) is 0. The SMILES string of the molecule is CCCCCCCCCCCCCCCC[n+]1ccc(-c2cc[n+](CCCCCCCCCCCCCCCC)cc2)cc1.[Cl-].[Cl-]. The van der Waals surface area contributed by atoms with Gasteiger partial charge in [0.25, 0.3) is 0 Å². The van der Waals surface area contributed by atoms with E-state index < -0.39 is 0 Å². The van der Waals surface area contributed by atoms with Gasteiger partial charge in [-0.05, 0) is 24.0 Å². The van der Waals surface area contributed by atoms with Crippen molar-refractivity contribution in [2.24, 2.45) is 0 Å². The molecular weight excluding hydrogens is 603 g/mol. The Kier molecular flexibility index (Phi) is 32.9. The van der Waals surface area contributed by atoms with Crippen molar-refractivity contribution in [3.05, 3.63) is 49.1 Å². The molecule has 0 aliphatic carbocycles. The third-order valence-corrected chi connectivity index (χ3v) is 9.66. The quantitative estimate of drug-likeness (QED) is 0.0607. The van der Waals surface area contributed by atoms with Crippen molar-refractivity contribution in [1.82, 2.24) is 0 Å². The van der Waals surface area contributed by atoms with Gasteiger partial charge >= 0.3 is 0 Å². The molecule has 46 heavy (non-hydrogen) atoms. The van der Waals surface area contributed by atoms with Crippen molar-refractivity contribution in [2.75, 3.05) is 0 Å². The summed E-state index contributed by atoms with van der Waals surface area (Å²) in [6.07, 6.45) is 48.9. The molecule has 0 aromatic carbocycles. The summed E-state index contributed by atoms with van der Waals surface area (Å²) in [5.41, 5.74) is 2.65. The Bertz CT molecular complexity index is 795. The minimum absolute atomic E-state index is 0. The van der Waals surface area contributed by atoms with Gasteiger partial charge in [-0.1, -0.05) is 168 Å². The van der Waals surface area contributed by atoms with Crippen LogP contribution in [-0.4, -0.2) is 0 Å². The van der Waals surface area contributed by atoms with Crippen LogP contribution in [0, 0.1) is 0 Å². The molecule has 2 aromatic heterocycles. The van der Waals surface area contributed by atoms with E-state index in [0.717, 1.165) is 13.1 Å². The normalized spacial score (nSPS) is 10.9. The van der Waals surface area contributed by atoms with Crippen LogP contribution in [0.15, 0.2) is 49.1 Å². The zero-order valence-corrected chi connectivity index (χ0v) is 32.0. The molecule has 0 aliphatic heterocycles. The van der Waals surface area contributed by atoms with Gasteiger partial charge in [-0.15, -0.1) is 0 Å². The van der Waals surface area contributed by atoms with E-state index in [1.54, 1.807) is 0 Å². The van der Waals surface area contributed by atoms with Crippen molar-refractivity contribution >= 4 is 0 Å². The number of rotatable bonds is 31. The molecule has 0 amide bonds. The molecule has 2 aromatic rings. The van der Waals surface area contributed by atoms with Crippen LogP contribution in [0.1, 0.15) is 194 Å². The predicted molar refractivity (Wildman–Crippen MR) is 193 cm³/mol. The van der Waals surface area contributed by atoms with Crippen molar-refractivity contribution in [2.45, 2.75) is 207 Å². The summed E-state index contributed by atoms with van der Waals surface area (Å²) in [6.45, 7) is 6.89. The van der Waals surface area contributed by atoms with Crippen molar-refractivity contribution in [3.8, 4) is 11.1 Å². The lowest BCUT2D eigenvalue weighted by Gasteiger charge is -2.04. The Morgan fingerprint density at radius 1 is 0.304 bits per heavy atom. The molecule has 2 rings (SSSR count). The van der Waals surface area contributed by atoms with Crippen LogP contribution in [0.4, 0.5) is 0 Å². The zero-order chi connectivity index (χ0) is 31.2. The highest BCUT2D eigenvalue weighted by atomic mass is 35.5. The van der Waals surface area contributed by atoms with Gasteiger partial charge in [-0.2, -0.15) is 0 Å². The lowest BCUT2D eigenvalue weighted by atomic mass is 10.0. The molecule has 0 N–H and O–H groups in total. The minimum Gasteiger partial charge on any atom is -1.00 e. The average Bonchev–Trinajstić information content (AvgIpc) is 3.05. The maximum Gasteiger partial charge on any atom is 0.169 e. The van der Waals surface area contributed by atoms with E-state index in [-0.39, 0.29) is 24.8 Å². The summed E-state index contributed by atoms with van der Waals surface area (Å²) in [5, 5.41) is 0. The van der Waals surface area contributed by atoms with E-state index in [1.165, 1.54) is 191 Å². The van der Waals surface area contributed by atoms with Crippen LogP contribution in [0.25, 0.3) is 11.1 Å². The Morgan fingerprint density at radius 3 is 0.717 bits per heavy atom. The van der Waals surface area contributed by atoms with Gasteiger partial charge in [0.1, 0.15) is 13.1 Å². The maximum atomic E-state index is 2.36. The number of unbranched alkanes of at least 4 members (excludes halogenated alkanes) is 26. The summed E-state index contributed by atoms with van der Waals surface area (Å²) in [6, 6.07) is 9.16. The first-order valence-electron chi connectivity index (χ1n) is 19.8. The van der Waals surface area contributed by atoms with Gasteiger partial charge in [0.2, 0.25) is 0 Å². The molecule has 0 atom stereocenters. The van der Waals surface area contributed by atoms with E-state index in [0.29, 0.717) is 0 Å².